The number of aryl methyl sites for hydroxylation is 2. The van der Waals surface area contributed by atoms with E-state index < -0.39 is 0 Å². The molecule has 0 bridgehead atoms. The second-order valence-electron chi connectivity index (χ2n) is 6.74. The Hall–Kier alpha value is -2.50. The largest absolute Gasteiger partial charge is 1.00 e. The number of aromatic hydroxyl groups is 1. The number of nitrogens with one attached hydrogen (secondary N) is 1. The summed E-state index contributed by atoms with van der Waals surface area (Å²) in [6.07, 6.45) is 0.942. The topological polar surface area (TPSA) is 64.1 Å². The fourth-order valence-electron chi connectivity index (χ4n) is 2.95. The average molecular weight is 390 g/mol. The van der Waals surface area contributed by atoms with E-state index in [1.54, 1.807) is 13.0 Å². The number of quaternary nitrogens is 1. The molecule has 0 aliphatic carbocycles. The summed E-state index contributed by atoms with van der Waals surface area (Å²) >= 11 is 0. The zero-order valence-electron chi connectivity index (χ0n) is 15.9. The van der Waals surface area contributed by atoms with Gasteiger partial charge >= 0.3 is 0 Å². The Morgan fingerprint density at radius 1 is 1.11 bits per heavy atom. The van der Waals surface area contributed by atoms with Gasteiger partial charge in [0, 0.05) is 0 Å². The molecular weight excluding hydrogens is 366 g/mol. The molecule has 0 unspecified atom stereocenters. The van der Waals surface area contributed by atoms with E-state index in [1.165, 1.54) is 11.6 Å². The van der Waals surface area contributed by atoms with Crippen LogP contribution in [0.2, 0.25) is 0 Å². The smallest absolute Gasteiger partial charge is 0.235 e. The average Bonchev–Trinajstić information content (AvgIpc) is 2.61. The Bertz CT molecular complexity index is 994. The molecule has 0 fully saturated rings. The van der Waals surface area contributed by atoms with Crippen molar-refractivity contribution in [2.75, 3.05) is 14.1 Å². The highest BCUT2D eigenvalue weighted by Gasteiger charge is 2.19. The highest BCUT2D eigenvalue weighted by atomic mass is 35.5. The van der Waals surface area contributed by atoms with Crippen molar-refractivity contribution in [1.82, 2.24) is 0 Å². The van der Waals surface area contributed by atoms with Crippen LogP contribution in [0.1, 0.15) is 23.8 Å². The number of ether oxygens (including phenoxy) is 1. The SMILES string of the molecule is CCc1ccc(Oc2c(C)oc3c(C[NH+](C)C)c(O)ccc3c2=O)cc1.[Cl-]. The van der Waals surface area contributed by atoms with Crippen molar-refractivity contribution >= 4 is 11.0 Å². The Morgan fingerprint density at radius 2 is 1.78 bits per heavy atom. The predicted octanol–water partition coefficient (Wildman–Crippen LogP) is -0.190. The van der Waals surface area contributed by atoms with Crippen LogP contribution in [-0.2, 0) is 13.0 Å². The predicted molar refractivity (Wildman–Crippen MR) is 101 cm³/mol. The summed E-state index contributed by atoms with van der Waals surface area (Å²) in [6, 6.07) is 10.8. The first-order valence-electron chi connectivity index (χ1n) is 8.74. The van der Waals surface area contributed by atoms with Crippen LogP contribution in [0.25, 0.3) is 11.0 Å². The van der Waals surface area contributed by atoms with Crippen molar-refractivity contribution in [3.63, 3.8) is 0 Å². The van der Waals surface area contributed by atoms with Gasteiger partial charge in [-0.2, -0.15) is 0 Å². The van der Waals surface area contributed by atoms with E-state index in [2.05, 4.69) is 6.92 Å². The zero-order valence-corrected chi connectivity index (χ0v) is 16.7. The van der Waals surface area contributed by atoms with Crippen LogP contribution in [0.4, 0.5) is 0 Å². The van der Waals surface area contributed by atoms with Gasteiger partial charge < -0.3 is 31.6 Å². The van der Waals surface area contributed by atoms with Crippen molar-refractivity contribution < 1.29 is 31.6 Å². The molecule has 144 valence electrons. The third-order valence-corrected chi connectivity index (χ3v) is 4.34. The second-order valence-corrected chi connectivity index (χ2v) is 6.74. The molecule has 2 aromatic carbocycles. The Kier molecular flexibility index (Phi) is 6.52. The molecule has 1 heterocycles. The molecule has 0 aliphatic rings. The third kappa shape index (κ3) is 4.26. The van der Waals surface area contributed by atoms with Gasteiger partial charge in [0.15, 0.2) is 5.58 Å². The second kappa shape index (κ2) is 8.46. The maximum absolute atomic E-state index is 13.0. The molecule has 3 rings (SSSR count). The number of hydrogen-bond acceptors (Lipinski definition) is 4. The van der Waals surface area contributed by atoms with E-state index in [9.17, 15) is 9.90 Å². The number of halogens is 1. The van der Waals surface area contributed by atoms with E-state index >= 15 is 0 Å². The number of rotatable bonds is 5. The number of fused-ring (bicyclic) bond motifs is 1. The summed E-state index contributed by atoms with van der Waals surface area (Å²) in [6.45, 7) is 4.33. The van der Waals surface area contributed by atoms with Crippen LogP contribution in [0.15, 0.2) is 45.6 Å². The van der Waals surface area contributed by atoms with Crippen LogP contribution in [0.3, 0.4) is 0 Å². The molecule has 1 aromatic heterocycles. The van der Waals surface area contributed by atoms with Crippen LogP contribution in [-0.4, -0.2) is 19.2 Å². The maximum atomic E-state index is 13.0. The lowest BCUT2D eigenvalue weighted by molar-refractivity contribution is -0.872. The molecule has 0 spiro atoms. The molecule has 0 amide bonds. The Morgan fingerprint density at radius 3 is 2.37 bits per heavy atom. The molecule has 5 nitrogen and oxygen atoms in total. The fraction of sp³-hybridized carbons (Fsp3) is 0.286. The number of hydrogen-bond donors (Lipinski definition) is 2. The zero-order chi connectivity index (χ0) is 18.8. The standard InChI is InChI=1S/C21H23NO4.ClH/c1-5-14-6-8-15(9-7-14)26-20-13(2)25-21-16(19(20)24)10-11-18(23)17(21)12-22(3)4;/h6-11,23H,5,12H2,1-4H3;1H. The molecular formula is C21H24ClNO4. The minimum Gasteiger partial charge on any atom is -1.00 e. The molecule has 2 N–H and O–H groups in total. The van der Waals surface area contributed by atoms with Gasteiger partial charge in [0.25, 0.3) is 0 Å². The lowest BCUT2D eigenvalue weighted by Gasteiger charge is -2.13. The maximum Gasteiger partial charge on any atom is 0.235 e. The van der Waals surface area contributed by atoms with Gasteiger partial charge in [-0.1, -0.05) is 19.1 Å². The Balaban J connectivity index is 0.00000261. The molecule has 3 aromatic rings. The van der Waals surface area contributed by atoms with Crippen molar-refractivity contribution in [1.29, 1.82) is 0 Å². The van der Waals surface area contributed by atoms with Crippen molar-refractivity contribution in [2.45, 2.75) is 26.8 Å². The van der Waals surface area contributed by atoms with Crippen molar-refractivity contribution in [2.24, 2.45) is 0 Å². The van der Waals surface area contributed by atoms with Gasteiger partial charge in [-0.05, 0) is 43.2 Å². The number of phenols is 1. The highest BCUT2D eigenvalue weighted by molar-refractivity contribution is 5.83. The van der Waals surface area contributed by atoms with Crippen molar-refractivity contribution in [3.05, 3.63) is 63.5 Å². The van der Waals surface area contributed by atoms with E-state index in [1.807, 2.05) is 38.4 Å². The summed E-state index contributed by atoms with van der Waals surface area (Å²) in [5, 5.41) is 10.6. The van der Waals surface area contributed by atoms with E-state index in [0.29, 0.717) is 34.6 Å². The molecule has 0 aliphatic heterocycles. The third-order valence-electron chi connectivity index (χ3n) is 4.34. The minimum atomic E-state index is -0.238. The summed E-state index contributed by atoms with van der Waals surface area (Å²) in [7, 11) is 3.95. The van der Waals surface area contributed by atoms with E-state index in [4.69, 9.17) is 9.15 Å². The Labute approximate surface area is 164 Å². The molecule has 0 radical (unpaired) electrons. The monoisotopic (exact) mass is 389 g/mol. The fourth-order valence-corrected chi connectivity index (χ4v) is 2.95. The van der Waals surface area contributed by atoms with Crippen LogP contribution >= 0.6 is 0 Å². The van der Waals surface area contributed by atoms with Gasteiger partial charge in [0.2, 0.25) is 11.2 Å². The summed E-state index contributed by atoms with van der Waals surface area (Å²) in [4.78, 5) is 14.1. The van der Waals surface area contributed by atoms with Gasteiger partial charge in [-0.3, -0.25) is 4.79 Å². The van der Waals surface area contributed by atoms with E-state index in [0.717, 1.165) is 11.3 Å². The lowest BCUT2D eigenvalue weighted by atomic mass is 10.1. The lowest BCUT2D eigenvalue weighted by Crippen LogP contribution is -3.04. The molecule has 0 saturated carbocycles. The van der Waals surface area contributed by atoms with E-state index in [-0.39, 0.29) is 29.3 Å². The summed E-state index contributed by atoms with van der Waals surface area (Å²) < 4.78 is 11.7. The molecule has 0 saturated heterocycles. The minimum absolute atomic E-state index is 0. The first-order chi connectivity index (χ1) is 12.4. The summed E-state index contributed by atoms with van der Waals surface area (Å²) in [5.41, 5.74) is 2.01. The molecule has 6 heteroatoms. The van der Waals surface area contributed by atoms with Gasteiger partial charge in [0.05, 0.1) is 25.0 Å². The molecule has 27 heavy (non-hydrogen) atoms. The number of benzene rings is 2. The molecule has 0 atom stereocenters. The number of phenolic OH excluding ortho intramolecular Hbond substituents is 1. The van der Waals surface area contributed by atoms with Gasteiger partial charge in [-0.15, -0.1) is 0 Å². The van der Waals surface area contributed by atoms with Gasteiger partial charge in [0.1, 0.15) is 23.8 Å². The van der Waals surface area contributed by atoms with Crippen molar-refractivity contribution in [3.8, 4) is 17.2 Å². The van der Waals surface area contributed by atoms with Crippen LogP contribution in [0, 0.1) is 6.92 Å². The van der Waals surface area contributed by atoms with Crippen LogP contribution in [0.5, 0.6) is 17.2 Å². The van der Waals surface area contributed by atoms with Crippen LogP contribution < -0.4 is 27.5 Å². The first-order valence-corrected chi connectivity index (χ1v) is 8.74. The van der Waals surface area contributed by atoms with Gasteiger partial charge in [-0.25, -0.2) is 0 Å². The normalized spacial score (nSPS) is 10.9. The summed E-state index contributed by atoms with van der Waals surface area (Å²) in [5.74, 6) is 1.29. The quantitative estimate of drug-likeness (QED) is 0.635. The first kappa shape index (κ1) is 20.8. The highest BCUT2D eigenvalue weighted by Crippen LogP contribution is 2.30.